The quantitative estimate of drug-likeness (QED) is 0.136. The molecule has 4 atom stereocenters. The van der Waals surface area contributed by atoms with E-state index in [-0.39, 0.29) is 23.4 Å². The Kier molecular flexibility index (Phi) is 14.3. The molecule has 1 fully saturated rings. The van der Waals surface area contributed by atoms with Crippen LogP contribution in [0, 0.1) is 11.5 Å². The molecular weight excluding hydrogens is 452 g/mol. The third kappa shape index (κ3) is 12.7. The highest BCUT2D eigenvalue weighted by Crippen LogP contribution is 2.40. The van der Waals surface area contributed by atoms with Crippen molar-refractivity contribution in [2.75, 3.05) is 0 Å². The van der Waals surface area contributed by atoms with Crippen LogP contribution in [0.4, 0.5) is 0 Å². The first-order valence-corrected chi connectivity index (χ1v) is 20.7. The second kappa shape index (κ2) is 15.2. The summed E-state index contributed by atoms with van der Waals surface area (Å²) in [4.78, 5) is 0. The molecule has 5 heteroatoms. The highest BCUT2D eigenvalue weighted by molar-refractivity contribution is 6.83. The number of ether oxygens (including phenoxy) is 1. The molecule has 1 aliphatic heterocycles. The molecule has 1 aliphatic rings. The fourth-order valence-corrected chi connectivity index (χ4v) is 6.25. The van der Waals surface area contributed by atoms with Gasteiger partial charge >= 0.3 is 0 Å². The van der Waals surface area contributed by atoms with Gasteiger partial charge in [-0.3, -0.25) is 0 Å². The van der Waals surface area contributed by atoms with Crippen molar-refractivity contribution >= 4 is 16.4 Å². The number of aliphatic hydroxyl groups excluding tert-OH is 1. The molecule has 1 N–H and O–H groups in total. The zero-order chi connectivity index (χ0) is 25.8. The van der Waals surface area contributed by atoms with E-state index in [9.17, 15) is 5.11 Å². The van der Waals surface area contributed by atoms with Crippen LogP contribution >= 0.6 is 0 Å². The van der Waals surface area contributed by atoms with Crippen LogP contribution in [0.3, 0.4) is 0 Å². The van der Waals surface area contributed by atoms with Gasteiger partial charge in [-0.25, -0.2) is 0 Å². The van der Waals surface area contributed by atoms with Crippen molar-refractivity contribution in [1.29, 1.82) is 0 Å². The Morgan fingerprint density at radius 3 is 1.85 bits per heavy atom. The maximum absolute atomic E-state index is 10.6. The normalized spacial score (nSPS) is 21.2. The lowest BCUT2D eigenvalue weighted by Crippen LogP contribution is -2.47. The summed E-state index contributed by atoms with van der Waals surface area (Å²) in [6, 6.07) is 0. The first kappa shape index (κ1) is 31.9. The van der Waals surface area contributed by atoms with Gasteiger partial charge in [-0.1, -0.05) is 117 Å². The van der Waals surface area contributed by atoms with E-state index in [0.29, 0.717) is 0 Å². The predicted molar refractivity (Wildman–Crippen MR) is 154 cm³/mol. The Hall–Kier alpha value is -0.126. The first-order valence-electron chi connectivity index (χ1n) is 14.3. The molecule has 34 heavy (non-hydrogen) atoms. The third-order valence-corrected chi connectivity index (χ3v) is 12.9. The summed E-state index contributed by atoms with van der Waals surface area (Å²) in [5, 5.41) is 10.8. The molecule has 3 nitrogen and oxygen atoms in total. The van der Waals surface area contributed by atoms with Crippen LogP contribution in [0.1, 0.15) is 111 Å². The van der Waals surface area contributed by atoms with Crippen molar-refractivity contribution in [2.45, 2.75) is 173 Å². The van der Waals surface area contributed by atoms with Crippen LogP contribution in [0.15, 0.2) is 0 Å². The SMILES string of the molecule is CCCCCCCCCCCC[C@@H](O[Si](C)(C)C(C)(C)C)[C@H]1CC[C@@H]([C@@H](O)C#C[Si](C)(C)C)O1. The van der Waals surface area contributed by atoms with E-state index in [2.05, 4.69) is 71.9 Å². The van der Waals surface area contributed by atoms with E-state index in [1.165, 1.54) is 64.2 Å². The maximum Gasteiger partial charge on any atom is 0.192 e. The molecule has 0 amide bonds. The van der Waals surface area contributed by atoms with Gasteiger partial charge in [0.1, 0.15) is 14.2 Å². The highest BCUT2D eigenvalue weighted by atomic mass is 28.4. The predicted octanol–water partition coefficient (Wildman–Crippen LogP) is 8.48. The van der Waals surface area contributed by atoms with E-state index in [1.807, 2.05) is 0 Å². The maximum atomic E-state index is 10.6. The largest absolute Gasteiger partial charge is 0.411 e. The van der Waals surface area contributed by atoms with Crippen molar-refractivity contribution in [3.05, 3.63) is 0 Å². The summed E-state index contributed by atoms with van der Waals surface area (Å²) in [6.45, 7) is 20.5. The van der Waals surface area contributed by atoms with Crippen LogP contribution in [-0.2, 0) is 9.16 Å². The summed E-state index contributed by atoms with van der Waals surface area (Å²) in [5.74, 6) is 3.09. The molecule has 1 saturated heterocycles. The molecule has 200 valence electrons. The van der Waals surface area contributed by atoms with E-state index in [0.717, 1.165) is 19.3 Å². The summed E-state index contributed by atoms with van der Waals surface area (Å²) < 4.78 is 13.3. The second-order valence-electron chi connectivity index (χ2n) is 13.1. The molecule has 0 radical (unpaired) electrons. The molecule has 1 rings (SSSR count). The molecule has 0 aromatic rings. The van der Waals surface area contributed by atoms with Gasteiger partial charge in [-0.15, -0.1) is 5.54 Å². The van der Waals surface area contributed by atoms with Crippen molar-refractivity contribution < 1.29 is 14.3 Å². The lowest BCUT2D eigenvalue weighted by Gasteiger charge is -2.41. The Labute approximate surface area is 215 Å². The Balaban J connectivity index is 2.59. The van der Waals surface area contributed by atoms with Gasteiger partial charge in [-0.05, 0) is 37.4 Å². The number of hydrogen-bond acceptors (Lipinski definition) is 3. The lowest BCUT2D eigenvalue weighted by molar-refractivity contribution is -0.0600. The van der Waals surface area contributed by atoms with Crippen molar-refractivity contribution in [1.82, 2.24) is 0 Å². The minimum atomic E-state index is -1.89. The van der Waals surface area contributed by atoms with Crippen molar-refractivity contribution in [3.63, 3.8) is 0 Å². The average Bonchev–Trinajstić information content (AvgIpc) is 3.21. The number of rotatable bonds is 15. The fraction of sp³-hybridized carbons (Fsp3) is 0.931. The van der Waals surface area contributed by atoms with Crippen LogP contribution < -0.4 is 0 Å². The van der Waals surface area contributed by atoms with Crippen LogP contribution in [0.25, 0.3) is 0 Å². The summed E-state index contributed by atoms with van der Waals surface area (Å²) >= 11 is 0. The Morgan fingerprint density at radius 1 is 0.853 bits per heavy atom. The molecule has 0 aromatic carbocycles. The van der Waals surface area contributed by atoms with Crippen molar-refractivity contribution in [2.24, 2.45) is 0 Å². The van der Waals surface area contributed by atoms with Crippen LogP contribution in [-0.4, -0.2) is 45.9 Å². The van der Waals surface area contributed by atoms with Gasteiger partial charge in [-0.2, -0.15) is 0 Å². The minimum Gasteiger partial charge on any atom is -0.411 e. The van der Waals surface area contributed by atoms with E-state index in [1.54, 1.807) is 0 Å². The minimum absolute atomic E-state index is 0.0843. The number of aliphatic hydroxyl groups is 1. The molecule has 0 saturated carbocycles. The molecule has 1 heterocycles. The lowest BCUT2D eigenvalue weighted by atomic mass is 10.0. The van der Waals surface area contributed by atoms with Gasteiger partial charge < -0.3 is 14.3 Å². The van der Waals surface area contributed by atoms with Gasteiger partial charge in [0.2, 0.25) is 0 Å². The van der Waals surface area contributed by atoms with Gasteiger partial charge in [0.15, 0.2) is 8.32 Å². The van der Waals surface area contributed by atoms with E-state index < -0.39 is 22.5 Å². The first-order chi connectivity index (χ1) is 15.8. The average molecular weight is 511 g/mol. The van der Waals surface area contributed by atoms with Gasteiger partial charge in [0, 0.05) is 0 Å². The number of hydrogen-bond donors (Lipinski definition) is 1. The monoisotopic (exact) mass is 510 g/mol. The second-order valence-corrected chi connectivity index (χ2v) is 22.6. The summed E-state index contributed by atoms with van der Waals surface area (Å²) in [5.41, 5.74) is 3.31. The zero-order valence-electron chi connectivity index (χ0n) is 24.3. The molecule has 0 aromatic heterocycles. The van der Waals surface area contributed by atoms with E-state index in [4.69, 9.17) is 9.16 Å². The standard InChI is InChI=1S/C29H58O3Si2/c1-10-11-12-13-14-15-16-17-18-19-20-28(32-34(8,9)29(2,3)4)27-22-21-26(31-27)25(30)23-24-33(5,6)7/h25-28,30H,10-22H2,1-9H3/t25-,26-,27+,28+/m0/s1. The smallest absolute Gasteiger partial charge is 0.192 e. The summed E-state index contributed by atoms with van der Waals surface area (Å²) in [7, 11) is -3.39. The molecule has 0 unspecified atom stereocenters. The molecular formula is C29H58O3Si2. The van der Waals surface area contributed by atoms with Gasteiger partial charge in [0.05, 0.1) is 18.3 Å². The highest BCUT2D eigenvalue weighted by Gasteiger charge is 2.43. The summed E-state index contributed by atoms with van der Waals surface area (Å²) in [6.07, 6.45) is 15.8. The Bertz CT molecular complexity index is 610. The number of unbranched alkanes of at least 4 members (excludes halogenated alkanes) is 9. The van der Waals surface area contributed by atoms with Crippen LogP contribution in [0.2, 0.25) is 37.8 Å². The Morgan fingerprint density at radius 2 is 1.35 bits per heavy atom. The fourth-order valence-electron chi connectivity index (χ4n) is 4.29. The topological polar surface area (TPSA) is 38.7 Å². The van der Waals surface area contributed by atoms with Crippen molar-refractivity contribution in [3.8, 4) is 11.5 Å². The molecule has 0 bridgehead atoms. The van der Waals surface area contributed by atoms with Gasteiger partial charge in [0.25, 0.3) is 0 Å². The molecule has 0 aliphatic carbocycles. The zero-order valence-corrected chi connectivity index (χ0v) is 26.3. The van der Waals surface area contributed by atoms with Crippen LogP contribution in [0.5, 0.6) is 0 Å². The van der Waals surface area contributed by atoms with E-state index >= 15 is 0 Å². The third-order valence-electron chi connectivity index (χ3n) is 7.54. The molecule has 0 spiro atoms.